The number of carbonyl (C=O) groups excluding carboxylic acids is 1. The summed E-state index contributed by atoms with van der Waals surface area (Å²) >= 11 is 0. The molecule has 0 unspecified atom stereocenters. The molecule has 118 valence electrons. The fourth-order valence-corrected chi connectivity index (χ4v) is 5.75. The second-order valence-corrected chi connectivity index (χ2v) is 8.03. The lowest BCUT2D eigenvalue weighted by Crippen LogP contribution is -2.59. The van der Waals surface area contributed by atoms with Crippen molar-refractivity contribution in [3.8, 4) is 0 Å². The smallest absolute Gasteiger partial charge is 0.227 e. The van der Waals surface area contributed by atoms with Gasteiger partial charge in [0, 0.05) is 25.8 Å². The Balaban J connectivity index is 1.46. The fourth-order valence-electron chi connectivity index (χ4n) is 5.75. The maximum Gasteiger partial charge on any atom is 0.227 e. The normalized spacial score (nSPS) is 43.8. The molecular weight excluding hydrogens is 264 g/mol. The van der Waals surface area contributed by atoms with Crippen molar-refractivity contribution in [1.29, 1.82) is 0 Å². The molecule has 5 rings (SSSR count). The maximum absolute atomic E-state index is 12.9. The van der Waals surface area contributed by atoms with Crippen LogP contribution in [0, 0.1) is 29.1 Å². The Morgan fingerprint density at radius 1 is 1.05 bits per heavy atom. The van der Waals surface area contributed by atoms with Crippen molar-refractivity contribution in [2.24, 2.45) is 34.8 Å². The third-order valence-corrected chi connectivity index (χ3v) is 6.85. The second kappa shape index (κ2) is 5.24. The molecule has 4 nitrogen and oxygen atoms in total. The van der Waals surface area contributed by atoms with E-state index in [1.807, 2.05) is 0 Å². The molecule has 4 aliphatic carbocycles. The first kappa shape index (κ1) is 14.0. The Morgan fingerprint density at radius 3 is 2.14 bits per heavy atom. The summed E-state index contributed by atoms with van der Waals surface area (Å²) in [6.07, 6.45) is 8.39. The maximum atomic E-state index is 12.9. The van der Waals surface area contributed by atoms with Crippen LogP contribution in [0.3, 0.4) is 0 Å². The van der Waals surface area contributed by atoms with Gasteiger partial charge in [-0.1, -0.05) is 0 Å². The SMILES string of the molecule is NCC1(C(=O)NC2C3CC4CC(C3)CC2C4)CCOCC1. The molecule has 1 amide bonds. The molecule has 1 saturated heterocycles. The minimum Gasteiger partial charge on any atom is -0.381 e. The highest BCUT2D eigenvalue weighted by Gasteiger charge is 2.50. The minimum atomic E-state index is -0.368. The quantitative estimate of drug-likeness (QED) is 0.832. The van der Waals surface area contributed by atoms with Gasteiger partial charge in [-0.15, -0.1) is 0 Å². The number of amides is 1. The molecule has 0 aromatic rings. The van der Waals surface area contributed by atoms with Gasteiger partial charge in [0.25, 0.3) is 0 Å². The molecule has 4 bridgehead atoms. The van der Waals surface area contributed by atoms with Crippen LogP contribution in [-0.4, -0.2) is 31.7 Å². The molecule has 0 aromatic heterocycles. The molecule has 5 fully saturated rings. The predicted octanol–water partition coefficient (Wildman–Crippen LogP) is 1.68. The van der Waals surface area contributed by atoms with Crippen molar-refractivity contribution in [2.45, 2.75) is 51.0 Å². The Bertz CT molecular complexity index is 389. The lowest BCUT2D eigenvalue weighted by atomic mass is 9.54. The van der Waals surface area contributed by atoms with Crippen LogP contribution in [0.25, 0.3) is 0 Å². The Morgan fingerprint density at radius 2 is 1.62 bits per heavy atom. The van der Waals surface area contributed by atoms with Gasteiger partial charge in [-0.3, -0.25) is 4.79 Å². The molecule has 4 heteroatoms. The van der Waals surface area contributed by atoms with Crippen LogP contribution in [0.2, 0.25) is 0 Å². The molecule has 0 atom stereocenters. The van der Waals surface area contributed by atoms with Crippen molar-refractivity contribution < 1.29 is 9.53 Å². The van der Waals surface area contributed by atoms with Gasteiger partial charge in [0.1, 0.15) is 0 Å². The van der Waals surface area contributed by atoms with E-state index < -0.39 is 0 Å². The zero-order valence-corrected chi connectivity index (χ0v) is 12.9. The first-order chi connectivity index (χ1) is 10.2. The molecule has 3 N–H and O–H groups in total. The van der Waals surface area contributed by atoms with E-state index in [9.17, 15) is 4.79 Å². The van der Waals surface area contributed by atoms with Crippen LogP contribution in [-0.2, 0) is 9.53 Å². The largest absolute Gasteiger partial charge is 0.381 e. The monoisotopic (exact) mass is 292 g/mol. The lowest BCUT2D eigenvalue weighted by molar-refractivity contribution is -0.139. The van der Waals surface area contributed by atoms with E-state index in [0.29, 0.717) is 25.8 Å². The Hall–Kier alpha value is -0.610. The first-order valence-corrected chi connectivity index (χ1v) is 8.79. The molecule has 4 saturated carbocycles. The van der Waals surface area contributed by atoms with Gasteiger partial charge in [-0.25, -0.2) is 0 Å². The van der Waals surface area contributed by atoms with Crippen molar-refractivity contribution in [1.82, 2.24) is 5.32 Å². The predicted molar refractivity (Wildman–Crippen MR) is 80.5 cm³/mol. The van der Waals surface area contributed by atoms with E-state index in [-0.39, 0.29) is 11.3 Å². The van der Waals surface area contributed by atoms with Gasteiger partial charge in [0.05, 0.1) is 5.41 Å². The standard InChI is InChI=1S/C17H28N2O2/c18-10-17(1-3-21-4-2-17)16(20)19-15-13-6-11-5-12(8-13)9-14(15)7-11/h11-15H,1-10,18H2,(H,19,20). The molecule has 0 aromatic carbocycles. The summed E-state index contributed by atoms with van der Waals surface area (Å²) in [5.74, 6) is 3.59. The molecule has 21 heavy (non-hydrogen) atoms. The van der Waals surface area contributed by atoms with Gasteiger partial charge in [0.15, 0.2) is 0 Å². The van der Waals surface area contributed by atoms with Crippen LogP contribution in [0.15, 0.2) is 0 Å². The van der Waals surface area contributed by atoms with E-state index in [1.54, 1.807) is 0 Å². The fraction of sp³-hybridized carbons (Fsp3) is 0.941. The van der Waals surface area contributed by atoms with E-state index in [1.165, 1.54) is 32.1 Å². The summed E-state index contributed by atoms with van der Waals surface area (Å²) in [4.78, 5) is 12.9. The van der Waals surface area contributed by atoms with Crippen molar-refractivity contribution in [2.75, 3.05) is 19.8 Å². The molecule has 0 spiro atoms. The number of hydrogen-bond donors (Lipinski definition) is 2. The third-order valence-electron chi connectivity index (χ3n) is 6.85. The number of hydrogen-bond acceptors (Lipinski definition) is 3. The van der Waals surface area contributed by atoms with Crippen molar-refractivity contribution >= 4 is 5.91 Å². The number of carbonyl (C=O) groups is 1. The summed E-state index contributed by atoms with van der Waals surface area (Å²) in [5, 5.41) is 3.45. The Labute approximate surface area is 127 Å². The number of ether oxygens (including phenoxy) is 1. The Kier molecular flexibility index (Phi) is 3.49. The van der Waals surface area contributed by atoms with E-state index in [2.05, 4.69) is 5.32 Å². The zero-order valence-electron chi connectivity index (χ0n) is 12.9. The summed E-state index contributed by atoms with van der Waals surface area (Å²) in [5.41, 5.74) is 5.60. The second-order valence-electron chi connectivity index (χ2n) is 8.03. The molecule has 1 aliphatic heterocycles. The average Bonchev–Trinajstić information content (AvgIpc) is 2.50. The highest BCUT2D eigenvalue weighted by atomic mass is 16.5. The number of nitrogens with two attached hydrogens (primary N) is 1. The number of rotatable bonds is 3. The number of nitrogens with one attached hydrogen (secondary N) is 1. The van der Waals surface area contributed by atoms with Gasteiger partial charge in [-0.05, 0) is 68.6 Å². The van der Waals surface area contributed by atoms with Crippen molar-refractivity contribution in [3.63, 3.8) is 0 Å². The van der Waals surface area contributed by atoms with Gasteiger partial charge in [-0.2, -0.15) is 0 Å². The van der Waals surface area contributed by atoms with E-state index >= 15 is 0 Å². The van der Waals surface area contributed by atoms with Gasteiger partial charge < -0.3 is 15.8 Å². The molecule has 0 radical (unpaired) electrons. The van der Waals surface area contributed by atoms with Crippen LogP contribution in [0.1, 0.15) is 44.9 Å². The first-order valence-electron chi connectivity index (χ1n) is 8.79. The summed E-state index contributed by atoms with van der Waals surface area (Å²) in [6, 6.07) is 0.427. The summed E-state index contributed by atoms with van der Waals surface area (Å²) < 4.78 is 5.43. The average molecular weight is 292 g/mol. The summed E-state index contributed by atoms with van der Waals surface area (Å²) in [7, 11) is 0. The zero-order chi connectivity index (χ0) is 14.4. The topological polar surface area (TPSA) is 64.4 Å². The molecular formula is C17H28N2O2. The van der Waals surface area contributed by atoms with E-state index in [4.69, 9.17) is 10.5 Å². The summed E-state index contributed by atoms with van der Waals surface area (Å²) in [6.45, 7) is 1.80. The minimum absolute atomic E-state index is 0.214. The van der Waals surface area contributed by atoms with Crippen molar-refractivity contribution in [3.05, 3.63) is 0 Å². The molecule has 5 aliphatic rings. The van der Waals surface area contributed by atoms with Crippen LogP contribution in [0.5, 0.6) is 0 Å². The molecule has 1 heterocycles. The lowest BCUT2D eigenvalue weighted by Gasteiger charge is -2.55. The highest BCUT2D eigenvalue weighted by molar-refractivity contribution is 5.83. The van der Waals surface area contributed by atoms with Crippen LogP contribution >= 0.6 is 0 Å². The third kappa shape index (κ3) is 2.31. The van der Waals surface area contributed by atoms with E-state index in [0.717, 1.165) is 36.5 Å². The van der Waals surface area contributed by atoms with Crippen LogP contribution < -0.4 is 11.1 Å². The van der Waals surface area contributed by atoms with Gasteiger partial charge >= 0.3 is 0 Å². The van der Waals surface area contributed by atoms with Crippen LogP contribution in [0.4, 0.5) is 0 Å². The highest BCUT2D eigenvalue weighted by Crippen LogP contribution is 2.53. The van der Waals surface area contributed by atoms with Gasteiger partial charge in [0.2, 0.25) is 5.91 Å².